The number of carbonyl (C=O) groups excluding carboxylic acids is 3. The number of benzene rings is 1. The van der Waals surface area contributed by atoms with E-state index in [1.165, 1.54) is 39.2 Å². The minimum atomic E-state index is -1.17. The normalized spacial score (nSPS) is 11.6. The third kappa shape index (κ3) is 3.78. The molecule has 1 heterocycles. The highest BCUT2D eigenvalue weighted by Gasteiger charge is 2.28. The van der Waals surface area contributed by atoms with Crippen LogP contribution in [0.1, 0.15) is 54.9 Å². The molecule has 0 unspecified atom stereocenters. The van der Waals surface area contributed by atoms with Gasteiger partial charge in [-0.25, -0.2) is 9.59 Å². The second-order valence-corrected chi connectivity index (χ2v) is 6.24. The maximum absolute atomic E-state index is 12.7. The third-order valence-electron chi connectivity index (χ3n) is 4.45. The van der Waals surface area contributed by atoms with Crippen molar-refractivity contribution < 1.29 is 28.8 Å². The molecule has 1 atom stereocenters. The van der Waals surface area contributed by atoms with E-state index < -0.39 is 28.7 Å². The van der Waals surface area contributed by atoms with Crippen LogP contribution in [-0.4, -0.2) is 40.8 Å². The Morgan fingerprint density at radius 3 is 2.32 bits per heavy atom. The van der Waals surface area contributed by atoms with Crippen LogP contribution in [0.3, 0.4) is 0 Å². The molecule has 0 aliphatic carbocycles. The first-order valence-electron chi connectivity index (χ1n) is 8.36. The first kappa shape index (κ1) is 20.8. The number of aromatic amines is 1. The van der Waals surface area contributed by atoms with Crippen molar-refractivity contribution in [1.29, 1.82) is 0 Å². The standard InChI is InChI=1S/C19H20N2O7/c1-9-13(7-6-8-14(9)21(25)26)18(23)28-12(4)17(22)16-10(2)15(11(3)20-16)19(24)27-5/h6-8,12,20H,1-5H3/t12-/m1/s1. The van der Waals surface area contributed by atoms with Gasteiger partial charge < -0.3 is 14.5 Å². The number of aromatic nitrogens is 1. The molecule has 1 aromatic carbocycles. The summed E-state index contributed by atoms with van der Waals surface area (Å²) in [6, 6.07) is 4.04. The Labute approximate surface area is 160 Å². The topological polar surface area (TPSA) is 129 Å². The maximum Gasteiger partial charge on any atom is 0.339 e. The Morgan fingerprint density at radius 1 is 1.11 bits per heavy atom. The molecular weight excluding hydrogens is 368 g/mol. The van der Waals surface area contributed by atoms with Crippen molar-refractivity contribution in [1.82, 2.24) is 4.98 Å². The zero-order valence-electron chi connectivity index (χ0n) is 16.1. The Morgan fingerprint density at radius 2 is 1.75 bits per heavy atom. The molecule has 0 spiro atoms. The summed E-state index contributed by atoms with van der Waals surface area (Å²) in [5.41, 5.74) is 1.17. The molecule has 1 aromatic heterocycles. The molecule has 0 aliphatic rings. The average Bonchev–Trinajstić information content (AvgIpc) is 2.94. The zero-order valence-corrected chi connectivity index (χ0v) is 16.1. The SMILES string of the molecule is COC(=O)c1c(C)[nH]c(C(=O)[C@@H](C)OC(=O)c2cccc([N+](=O)[O-])c2C)c1C. The second kappa shape index (κ2) is 8.03. The number of nitrogens with zero attached hydrogens (tertiary/aromatic N) is 1. The highest BCUT2D eigenvalue weighted by molar-refractivity contribution is 6.04. The summed E-state index contributed by atoms with van der Waals surface area (Å²) in [7, 11) is 1.24. The molecule has 148 valence electrons. The summed E-state index contributed by atoms with van der Waals surface area (Å²) in [5, 5.41) is 11.0. The predicted molar refractivity (Wildman–Crippen MR) is 98.6 cm³/mol. The molecule has 0 aliphatic heterocycles. The van der Waals surface area contributed by atoms with Gasteiger partial charge in [-0.15, -0.1) is 0 Å². The number of hydrogen-bond acceptors (Lipinski definition) is 7. The maximum atomic E-state index is 12.7. The highest BCUT2D eigenvalue weighted by Crippen LogP contribution is 2.24. The number of Topliss-reactive ketones (excluding diaryl/α,β-unsaturated/α-hetero) is 1. The van der Waals surface area contributed by atoms with Crippen LogP contribution >= 0.6 is 0 Å². The monoisotopic (exact) mass is 388 g/mol. The molecule has 0 fully saturated rings. The van der Waals surface area contributed by atoms with Gasteiger partial charge in [0.25, 0.3) is 5.69 Å². The van der Waals surface area contributed by atoms with Crippen LogP contribution in [0.5, 0.6) is 0 Å². The van der Waals surface area contributed by atoms with Gasteiger partial charge in [-0.3, -0.25) is 14.9 Å². The molecular formula is C19H20N2O7. The van der Waals surface area contributed by atoms with Crippen molar-refractivity contribution in [2.24, 2.45) is 0 Å². The van der Waals surface area contributed by atoms with Crippen molar-refractivity contribution in [3.63, 3.8) is 0 Å². The highest BCUT2D eigenvalue weighted by atomic mass is 16.6. The van der Waals surface area contributed by atoms with E-state index in [0.29, 0.717) is 11.3 Å². The number of rotatable bonds is 6. The first-order valence-corrected chi connectivity index (χ1v) is 8.36. The summed E-state index contributed by atoms with van der Waals surface area (Å²) in [6.45, 7) is 6.03. The number of aryl methyl sites for hydroxylation is 1. The molecule has 9 heteroatoms. The molecule has 28 heavy (non-hydrogen) atoms. The number of nitrogens with one attached hydrogen (secondary N) is 1. The molecule has 0 saturated carbocycles. The largest absolute Gasteiger partial charge is 0.465 e. The van der Waals surface area contributed by atoms with E-state index >= 15 is 0 Å². The van der Waals surface area contributed by atoms with Crippen LogP contribution in [0, 0.1) is 30.9 Å². The molecule has 2 aromatic rings. The van der Waals surface area contributed by atoms with Gasteiger partial charge in [0.15, 0.2) is 6.10 Å². The Kier molecular flexibility index (Phi) is 5.97. The van der Waals surface area contributed by atoms with Crippen LogP contribution in [0.15, 0.2) is 18.2 Å². The minimum Gasteiger partial charge on any atom is -0.465 e. The van der Waals surface area contributed by atoms with E-state index in [-0.39, 0.29) is 28.1 Å². The summed E-state index contributed by atoms with van der Waals surface area (Å²) >= 11 is 0. The Balaban J connectivity index is 2.26. The molecule has 2 rings (SSSR count). The fourth-order valence-corrected chi connectivity index (χ4v) is 2.93. The minimum absolute atomic E-state index is 0.00323. The van der Waals surface area contributed by atoms with Gasteiger partial charge in [0.05, 0.1) is 28.9 Å². The van der Waals surface area contributed by atoms with Crippen molar-refractivity contribution in [2.75, 3.05) is 7.11 Å². The van der Waals surface area contributed by atoms with Gasteiger partial charge in [-0.2, -0.15) is 0 Å². The zero-order chi connectivity index (χ0) is 21.2. The van der Waals surface area contributed by atoms with Crippen LogP contribution in [0.2, 0.25) is 0 Å². The lowest BCUT2D eigenvalue weighted by molar-refractivity contribution is -0.385. The Hall–Kier alpha value is -3.49. The van der Waals surface area contributed by atoms with E-state index in [1.807, 2.05) is 0 Å². The molecule has 1 N–H and O–H groups in total. The number of carbonyl (C=O) groups is 3. The quantitative estimate of drug-likeness (QED) is 0.348. The molecule has 9 nitrogen and oxygen atoms in total. The molecule has 0 amide bonds. The van der Waals surface area contributed by atoms with Crippen molar-refractivity contribution in [2.45, 2.75) is 33.8 Å². The number of methoxy groups -OCH3 is 1. The second-order valence-electron chi connectivity index (χ2n) is 6.24. The fraction of sp³-hybridized carbons (Fsp3) is 0.316. The van der Waals surface area contributed by atoms with Gasteiger partial charge in [0.2, 0.25) is 5.78 Å². The van der Waals surface area contributed by atoms with Crippen LogP contribution in [0.25, 0.3) is 0 Å². The van der Waals surface area contributed by atoms with E-state index in [9.17, 15) is 24.5 Å². The van der Waals surface area contributed by atoms with Gasteiger partial charge in [0.1, 0.15) is 0 Å². The fourth-order valence-electron chi connectivity index (χ4n) is 2.93. The lowest BCUT2D eigenvalue weighted by Crippen LogP contribution is -2.25. The lowest BCUT2D eigenvalue weighted by Gasteiger charge is -2.13. The molecule has 0 bridgehead atoms. The number of nitro groups is 1. The van der Waals surface area contributed by atoms with Crippen molar-refractivity contribution >= 4 is 23.4 Å². The number of esters is 2. The number of hydrogen-bond donors (Lipinski definition) is 1. The van der Waals surface area contributed by atoms with Gasteiger partial charge in [-0.1, -0.05) is 6.07 Å². The smallest absolute Gasteiger partial charge is 0.339 e. The van der Waals surface area contributed by atoms with E-state index in [1.54, 1.807) is 13.8 Å². The number of ether oxygens (including phenoxy) is 2. The van der Waals surface area contributed by atoms with Crippen LogP contribution in [0.4, 0.5) is 5.69 Å². The summed E-state index contributed by atoms with van der Waals surface area (Å²) < 4.78 is 9.92. The number of nitro benzene ring substituents is 1. The molecule has 0 saturated heterocycles. The van der Waals surface area contributed by atoms with E-state index in [4.69, 9.17) is 9.47 Å². The van der Waals surface area contributed by atoms with Crippen molar-refractivity contribution in [3.8, 4) is 0 Å². The number of ketones is 1. The lowest BCUT2D eigenvalue weighted by atomic mass is 10.1. The van der Waals surface area contributed by atoms with E-state index in [0.717, 1.165) is 0 Å². The first-order chi connectivity index (χ1) is 13.1. The number of H-pyrrole nitrogens is 1. The molecule has 0 radical (unpaired) electrons. The van der Waals surface area contributed by atoms with Gasteiger partial charge >= 0.3 is 11.9 Å². The van der Waals surface area contributed by atoms with Gasteiger partial charge in [0, 0.05) is 17.3 Å². The van der Waals surface area contributed by atoms with E-state index in [2.05, 4.69) is 4.98 Å². The summed E-state index contributed by atoms with van der Waals surface area (Å²) in [5.74, 6) is -1.97. The van der Waals surface area contributed by atoms with Gasteiger partial charge in [-0.05, 0) is 39.3 Å². The van der Waals surface area contributed by atoms with Crippen molar-refractivity contribution in [3.05, 3.63) is 62.0 Å². The van der Waals surface area contributed by atoms with Crippen LogP contribution < -0.4 is 0 Å². The third-order valence-corrected chi connectivity index (χ3v) is 4.45. The summed E-state index contributed by atoms with van der Waals surface area (Å²) in [4.78, 5) is 50.2. The summed E-state index contributed by atoms with van der Waals surface area (Å²) in [6.07, 6.45) is -1.17. The van der Waals surface area contributed by atoms with Crippen LogP contribution in [-0.2, 0) is 9.47 Å². The Bertz CT molecular complexity index is 975. The predicted octanol–water partition coefficient (Wildman–Crippen LogP) is 3.06. The average molecular weight is 388 g/mol.